The Morgan fingerprint density at radius 2 is 1.43 bits per heavy atom. The van der Waals surface area contributed by atoms with E-state index in [4.69, 9.17) is 0 Å². The molecule has 2 saturated heterocycles. The summed E-state index contributed by atoms with van der Waals surface area (Å²) in [6.45, 7) is 5.55. The van der Waals surface area contributed by atoms with Gasteiger partial charge in [0.05, 0.1) is 6.54 Å². The lowest BCUT2D eigenvalue weighted by atomic mass is 9.84. The van der Waals surface area contributed by atoms with Crippen LogP contribution in [-0.2, 0) is 6.54 Å². The Hall–Kier alpha value is -3.81. The molecule has 3 aromatic carbocycles. The van der Waals surface area contributed by atoms with Gasteiger partial charge in [-0.3, -0.25) is 9.36 Å². The Bertz CT molecular complexity index is 1330. The van der Waals surface area contributed by atoms with Crippen molar-refractivity contribution >= 4 is 5.91 Å². The minimum absolute atomic E-state index is 0.0419. The number of benzene rings is 3. The van der Waals surface area contributed by atoms with Gasteiger partial charge in [-0.2, -0.15) is 0 Å². The molecule has 0 radical (unpaired) electrons. The second-order valence-electron chi connectivity index (χ2n) is 10.8. The average Bonchev–Trinajstić information content (AvgIpc) is 3.79. The molecule has 7 heteroatoms. The van der Waals surface area contributed by atoms with Crippen molar-refractivity contribution < 1.29 is 4.79 Å². The molecule has 7 nitrogen and oxygen atoms in total. The third-order valence-electron chi connectivity index (χ3n) is 8.28. The van der Waals surface area contributed by atoms with Crippen LogP contribution in [0.25, 0.3) is 5.69 Å². The van der Waals surface area contributed by atoms with Crippen molar-refractivity contribution in [3.05, 3.63) is 114 Å². The molecule has 1 N–H and O–H groups in total. The predicted octanol–water partition coefficient (Wildman–Crippen LogP) is 4.89. The van der Waals surface area contributed by atoms with E-state index in [1.165, 1.54) is 37.1 Å². The van der Waals surface area contributed by atoms with Crippen molar-refractivity contribution in [1.29, 1.82) is 0 Å². The van der Waals surface area contributed by atoms with Gasteiger partial charge in [0, 0.05) is 37.3 Å². The van der Waals surface area contributed by atoms with Gasteiger partial charge in [0.15, 0.2) is 5.82 Å². The summed E-state index contributed by atoms with van der Waals surface area (Å²) in [5.74, 6) is 1.18. The van der Waals surface area contributed by atoms with Crippen molar-refractivity contribution in [2.45, 2.75) is 44.2 Å². The molecule has 1 atom stereocenters. The van der Waals surface area contributed by atoms with Gasteiger partial charge in [-0.15, -0.1) is 10.2 Å². The first-order chi connectivity index (χ1) is 19.8. The summed E-state index contributed by atoms with van der Waals surface area (Å²) in [5.41, 5.74) is 3.36. The first-order valence-electron chi connectivity index (χ1n) is 14.6. The molecule has 1 aromatic heterocycles. The van der Waals surface area contributed by atoms with Gasteiger partial charge in [0.1, 0.15) is 0 Å². The molecular weight excluding hydrogens is 496 g/mol. The summed E-state index contributed by atoms with van der Waals surface area (Å²) in [6, 6.07) is 31.2. The second kappa shape index (κ2) is 12.6. The van der Waals surface area contributed by atoms with Crippen LogP contribution in [0.2, 0.25) is 0 Å². The molecule has 206 valence electrons. The van der Waals surface area contributed by atoms with Crippen LogP contribution >= 0.6 is 0 Å². The van der Waals surface area contributed by atoms with E-state index in [0.717, 1.165) is 37.4 Å². The summed E-state index contributed by atoms with van der Waals surface area (Å²) >= 11 is 0. The molecule has 6 rings (SSSR count). The highest BCUT2D eigenvalue weighted by molar-refractivity contribution is 5.92. The number of nitrogens with one attached hydrogen (secondary N) is 1. The number of carbonyl (C=O) groups excluding carboxylic acids is 1. The van der Waals surface area contributed by atoms with Gasteiger partial charge in [0.25, 0.3) is 5.91 Å². The van der Waals surface area contributed by atoms with Crippen molar-refractivity contribution in [2.24, 2.45) is 0 Å². The maximum absolute atomic E-state index is 14.3. The second-order valence-corrected chi connectivity index (χ2v) is 10.8. The zero-order valence-corrected chi connectivity index (χ0v) is 23.0. The number of likely N-dealkylation sites (tertiary alicyclic amines) is 2. The third kappa shape index (κ3) is 5.71. The monoisotopic (exact) mass is 534 g/mol. The van der Waals surface area contributed by atoms with Gasteiger partial charge in [-0.05, 0) is 62.0 Å². The van der Waals surface area contributed by atoms with Crippen molar-refractivity contribution in [3.63, 3.8) is 0 Å². The summed E-state index contributed by atoms with van der Waals surface area (Å²) < 4.78 is 1.95. The molecule has 40 heavy (non-hydrogen) atoms. The minimum atomic E-state index is -0.0565. The van der Waals surface area contributed by atoms with Gasteiger partial charge in [-0.25, -0.2) is 0 Å². The largest absolute Gasteiger partial charge is 0.332 e. The molecule has 2 aliphatic rings. The molecule has 0 unspecified atom stereocenters. The van der Waals surface area contributed by atoms with Gasteiger partial charge < -0.3 is 15.1 Å². The van der Waals surface area contributed by atoms with Crippen LogP contribution in [-0.4, -0.2) is 69.2 Å². The van der Waals surface area contributed by atoms with E-state index in [-0.39, 0.29) is 17.9 Å². The van der Waals surface area contributed by atoms with E-state index in [0.29, 0.717) is 18.9 Å². The van der Waals surface area contributed by atoms with Crippen LogP contribution in [0.4, 0.5) is 0 Å². The lowest BCUT2D eigenvalue weighted by molar-refractivity contribution is 0.0710. The van der Waals surface area contributed by atoms with Crippen LogP contribution in [0.5, 0.6) is 0 Å². The first-order valence-corrected chi connectivity index (χ1v) is 14.6. The zero-order chi connectivity index (χ0) is 27.1. The van der Waals surface area contributed by atoms with E-state index in [2.05, 4.69) is 68.9 Å². The molecule has 0 saturated carbocycles. The molecule has 1 amide bonds. The molecule has 2 fully saturated rings. The number of hydrogen-bond donors (Lipinski definition) is 1. The Kier molecular flexibility index (Phi) is 8.31. The average molecular weight is 535 g/mol. The molecule has 4 aromatic rings. The fourth-order valence-electron chi connectivity index (χ4n) is 6.34. The topological polar surface area (TPSA) is 66.3 Å². The molecule has 0 aliphatic carbocycles. The number of nitrogens with zero attached hydrogens (tertiary/aromatic N) is 5. The predicted molar refractivity (Wildman–Crippen MR) is 158 cm³/mol. The number of amides is 1. The summed E-state index contributed by atoms with van der Waals surface area (Å²) in [6.07, 6.45) is 4.50. The maximum atomic E-state index is 14.3. The Morgan fingerprint density at radius 3 is 2.08 bits per heavy atom. The summed E-state index contributed by atoms with van der Waals surface area (Å²) in [5, 5.41) is 12.6. The first kappa shape index (κ1) is 26.4. The molecule has 2 aliphatic heterocycles. The van der Waals surface area contributed by atoms with Gasteiger partial charge in [0.2, 0.25) is 5.82 Å². The highest BCUT2D eigenvalue weighted by Gasteiger charge is 2.38. The molecule has 0 spiro atoms. The fourth-order valence-corrected chi connectivity index (χ4v) is 6.34. The van der Waals surface area contributed by atoms with Crippen LogP contribution < -0.4 is 5.32 Å². The minimum Gasteiger partial charge on any atom is -0.332 e. The zero-order valence-electron chi connectivity index (χ0n) is 23.0. The van der Waals surface area contributed by atoms with Crippen molar-refractivity contribution in [3.8, 4) is 5.69 Å². The summed E-state index contributed by atoms with van der Waals surface area (Å²) in [7, 11) is 0. The Balaban J connectivity index is 1.28. The quantitative estimate of drug-likeness (QED) is 0.294. The Morgan fingerprint density at radius 1 is 0.800 bits per heavy atom. The summed E-state index contributed by atoms with van der Waals surface area (Å²) in [4.78, 5) is 18.8. The van der Waals surface area contributed by atoms with E-state index >= 15 is 0 Å². The highest BCUT2D eigenvalue weighted by Crippen LogP contribution is 2.37. The van der Waals surface area contributed by atoms with Crippen molar-refractivity contribution in [1.82, 2.24) is 29.9 Å². The number of para-hydroxylation sites is 1. The van der Waals surface area contributed by atoms with Crippen LogP contribution in [0.1, 0.15) is 59.2 Å². The van der Waals surface area contributed by atoms with E-state index in [1.807, 2.05) is 51.9 Å². The Labute approximate surface area is 236 Å². The van der Waals surface area contributed by atoms with Gasteiger partial charge >= 0.3 is 0 Å². The standard InChI is InChI=1S/C33H38N6O/c40-33(38-23-12-19-29(38)31(26-13-4-1-5-14-26)27-15-6-2-7-16-27)32-36-35-30(39(32)28-17-8-3-9-18-28)25-34-20-24-37-21-10-11-22-37/h1-9,13-18,29,31,34H,10-12,19-25H2/t29-/m1/s1. The van der Waals surface area contributed by atoms with E-state index in [1.54, 1.807) is 0 Å². The third-order valence-corrected chi connectivity index (χ3v) is 8.28. The fraction of sp³-hybridized carbons (Fsp3) is 0.364. The normalized spacial score (nSPS) is 17.6. The number of hydrogen-bond acceptors (Lipinski definition) is 5. The number of aromatic nitrogens is 3. The lowest BCUT2D eigenvalue weighted by Gasteiger charge is -2.32. The van der Waals surface area contributed by atoms with Gasteiger partial charge in [-0.1, -0.05) is 78.9 Å². The molecule has 3 heterocycles. The number of carbonyl (C=O) groups is 1. The van der Waals surface area contributed by atoms with Crippen LogP contribution in [0.3, 0.4) is 0 Å². The maximum Gasteiger partial charge on any atom is 0.292 e. The SMILES string of the molecule is O=C(c1nnc(CNCCN2CCCC2)n1-c1ccccc1)N1CCC[C@@H]1C(c1ccccc1)c1ccccc1. The van der Waals surface area contributed by atoms with E-state index in [9.17, 15) is 4.79 Å². The highest BCUT2D eigenvalue weighted by atomic mass is 16.2. The number of rotatable bonds is 10. The van der Waals surface area contributed by atoms with Crippen LogP contribution in [0.15, 0.2) is 91.0 Å². The van der Waals surface area contributed by atoms with Crippen molar-refractivity contribution in [2.75, 3.05) is 32.7 Å². The molecule has 0 bridgehead atoms. The lowest BCUT2D eigenvalue weighted by Crippen LogP contribution is -2.41. The smallest absolute Gasteiger partial charge is 0.292 e. The molecular formula is C33H38N6O. The van der Waals surface area contributed by atoms with Crippen LogP contribution in [0, 0.1) is 0 Å². The van der Waals surface area contributed by atoms with E-state index < -0.39 is 0 Å².